The fourth-order valence-corrected chi connectivity index (χ4v) is 1.39. The van der Waals surface area contributed by atoms with Crippen molar-refractivity contribution in [3.63, 3.8) is 0 Å². The molecule has 0 heterocycles. The molecule has 14 heavy (non-hydrogen) atoms. The van der Waals surface area contributed by atoms with E-state index in [2.05, 4.69) is 12.2 Å². The molecule has 0 aromatic heterocycles. The average molecular weight is 203 g/mol. The van der Waals surface area contributed by atoms with Crippen LogP contribution in [0.15, 0.2) is 0 Å². The molecule has 3 heteroatoms. The Morgan fingerprint density at radius 3 is 2.36 bits per heavy atom. The molecule has 0 aliphatic rings. The smallest absolute Gasteiger partial charge is 0.0434 e. The van der Waals surface area contributed by atoms with Crippen molar-refractivity contribution in [1.82, 2.24) is 5.32 Å². The molecule has 3 N–H and O–H groups in total. The highest BCUT2D eigenvalue weighted by Crippen LogP contribution is 2.00. The molecule has 0 aliphatic carbocycles. The summed E-state index contributed by atoms with van der Waals surface area (Å²) < 4.78 is 0. The maximum atomic E-state index is 8.69. The molecular weight excluding hydrogens is 178 g/mol. The molecule has 0 rings (SSSR count). The van der Waals surface area contributed by atoms with Crippen LogP contribution in [0.4, 0.5) is 0 Å². The van der Waals surface area contributed by atoms with Crippen LogP contribution in [0.5, 0.6) is 0 Å². The molecular formula is C11H25NO2. The van der Waals surface area contributed by atoms with E-state index in [4.69, 9.17) is 10.2 Å². The second-order valence-corrected chi connectivity index (χ2v) is 3.96. The van der Waals surface area contributed by atoms with Gasteiger partial charge in [0.2, 0.25) is 0 Å². The maximum Gasteiger partial charge on any atom is 0.0434 e. The molecule has 0 amide bonds. The van der Waals surface area contributed by atoms with Crippen LogP contribution in [0, 0.1) is 5.92 Å². The van der Waals surface area contributed by atoms with E-state index in [1.165, 1.54) is 12.8 Å². The summed E-state index contributed by atoms with van der Waals surface area (Å²) in [6.07, 6.45) is 5.33. The van der Waals surface area contributed by atoms with Gasteiger partial charge in [-0.2, -0.15) is 0 Å². The van der Waals surface area contributed by atoms with Crippen molar-refractivity contribution in [3.05, 3.63) is 0 Å². The van der Waals surface area contributed by atoms with Gasteiger partial charge in [0.1, 0.15) is 0 Å². The highest BCUT2D eigenvalue weighted by atomic mass is 16.3. The highest BCUT2D eigenvalue weighted by molar-refractivity contribution is 4.56. The van der Waals surface area contributed by atoms with Crippen molar-refractivity contribution in [3.8, 4) is 0 Å². The fourth-order valence-electron chi connectivity index (χ4n) is 1.39. The molecule has 0 radical (unpaired) electrons. The lowest BCUT2D eigenvalue weighted by molar-refractivity contribution is 0.260. The van der Waals surface area contributed by atoms with E-state index in [0.717, 1.165) is 32.4 Å². The van der Waals surface area contributed by atoms with Gasteiger partial charge in [0.05, 0.1) is 0 Å². The van der Waals surface area contributed by atoms with Crippen molar-refractivity contribution >= 4 is 0 Å². The van der Waals surface area contributed by atoms with Gasteiger partial charge in [-0.3, -0.25) is 0 Å². The first-order valence-corrected chi connectivity index (χ1v) is 5.73. The molecule has 1 unspecified atom stereocenters. The van der Waals surface area contributed by atoms with Crippen molar-refractivity contribution in [1.29, 1.82) is 0 Å². The summed E-state index contributed by atoms with van der Waals surface area (Å²) in [5.74, 6) is 0.567. The van der Waals surface area contributed by atoms with Crippen molar-refractivity contribution in [2.24, 2.45) is 5.92 Å². The Morgan fingerprint density at radius 2 is 1.71 bits per heavy atom. The molecule has 1 atom stereocenters. The summed E-state index contributed by atoms with van der Waals surface area (Å²) in [6.45, 7) is 4.82. The van der Waals surface area contributed by atoms with Gasteiger partial charge >= 0.3 is 0 Å². The molecule has 0 saturated carbocycles. The number of nitrogens with one attached hydrogen (secondary N) is 1. The Bertz CT molecular complexity index is 109. The van der Waals surface area contributed by atoms with Crippen molar-refractivity contribution in [2.75, 3.05) is 26.3 Å². The quantitative estimate of drug-likeness (QED) is 0.467. The van der Waals surface area contributed by atoms with E-state index in [1.807, 2.05) is 0 Å². The topological polar surface area (TPSA) is 52.5 Å². The van der Waals surface area contributed by atoms with Gasteiger partial charge in [0.15, 0.2) is 0 Å². The van der Waals surface area contributed by atoms with Crippen LogP contribution in [0.3, 0.4) is 0 Å². The third-order valence-electron chi connectivity index (χ3n) is 2.38. The van der Waals surface area contributed by atoms with Crippen molar-refractivity contribution < 1.29 is 10.2 Å². The van der Waals surface area contributed by atoms with Gasteiger partial charge in [-0.25, -0.2) is 0 Å². The van der Waals surface area contributed by atoms with E-state index < -0.39 is 0 Å². The number of hydrogen-bond acceptors (Lipinski definition) is 3. The normalized spacial score (nSPS) is 13.1. The molecule has 0 bridgehead atoms. The first-order chi connectivity index (χ1) is 6.81. The van der Waals surface area contributed by atoms with Crippen LogP contribution in [-0.4, -0.2) is 36.5 Å². The second kappa shape index (κ2) is 11.0. The molecule has 0 aromatic carbocycles. The van der Waals surface area contributed by atoms with E-state index in [-0.39, 0.29) is 0 Å². The minimum atomic E-state index is 0.291. The van der Waals surface area contributed by atoms with Crippen LogP contribution < -0.4 is 5.32 Å². The van der Waals surface area contributed by atoms with E-state index >= 15 is 0 Å². The zero-order chi connectivity index (χ0) is 10.6. The Labute approximate surface area is 87.5 Å². The van der Waals surface area contributed by atoms with Gasteiger partial charge in [-0.15, -0.1) is 0 Å². The van der Waals surface area contributed by atoms with E-state index in [0.29, 0.717) is 19.1 Å². The number of rotatable bonds is 10. The summed E-state index contributed by atoms with van der Waals surface area (Å²) in [7, 11) is 0. The first kappa shape index (κ1) is 13.9. The van der Waals surface area contributed by atoms with Gasteiger partial charge in [-0.05, 0) is 38.3 Å². The summed E-state index contributed by atoms with van der Waals surface area (Å²) in [6, 6.07) is 0. The third kappa shape index (κ3) is 9.96. The number of aliphatic hydroxyl groups is 2. The van der Waals surface area contributed by atoms with Crippen molar-refractivity contribution in [2.45, 2.75) is 39.0 Å². The van der Waals surface area contributed by atoms with Crippen LogP contribution >= 0.6 is 0 Å². The summed E-state index contributed by atoms with van der Waals surface area (Å²) >= 11 is 0. The number of hydrogen-bond donors (Lipinski definition) is 3. The standard InChI is InChI=1S/C11H25NO2/c1-11(6-9-14)10-12-7-4-2-3-5-8-13/h11-14H,2-10H2,1H3. The molecule has 0 fully saturated rings. The zero-order valence-corrected chi connectivity index (χ0v) is 9.34. The second-order valence-electron chi connectivity index (χ2n) is 3.96. The van der Waals surface area contributed by atoms with E-state index in [9.17, 15) is 0 Å². The van der Waals surface area contributed by atoms with Crippen LogP contribution in [0.25, 0.3) is 0 Å². The Kier molecular flexibility index (Phi) is 10.9. The molecule has 0 saturated heterocycles. The molecule has 0 aromatic rings. The van der Waals surface area contributed by atoms with E-state index in [1.54, 1.807) is 0 Å². The SMILES string of the molecule is CC(CCO)CNCCCCCCO. The minimum absolute atomic E-state index is 0.291. The lowest BCUT2D eigenvalue weighted by Gasteiger charge is -2.10. The monoisotopic (exact) mass is 203 g/mol. The van der Waals surface area contributed by atoms with Crippen LogP contribution in [0.1, 0.15) is 39.0 Å². The first-order valence-electron chi connectivity index (χ1n) is 5.73. The van der Waals surface area contributed by atoms with Crippen LogP contribution in [-0.2, 0) is 0 Å². The summed E-state index contributed by atoms with van der Waals surface area (Å²) in [5.41, 5.74) is 0. The van der Waals surface area contributed by atoms with Gasteiger partial charge < -0.3 is 15.5 Å². The predicted molar refractivity (Wildman–Crippen MR) is 59.3 cm³/mol. The summed E-state index contributed by atoms with van der Waals surface area (Å²) in [5, 5.41) is 20.6. The Hall–Kier alpha value is -0.120. The largest absolute Gasteiger partial charge is 0.396 e. The minimum Gasteiger partial charge on any atom is -0.396 e. The van der Waals surface area contributed by atoms with Crippen LogP contribution in [0.2, 0.25) is 0 Å². The molecule has 86 valence electrons. The molecule has 0 aliphatic heterocycles. The molecule has 3 nitrogen and oxygen atoms in total. The van der Waals surface area contributed by atoms with Gasteiger partial charge in [-0.1, -0.05) is 19.8 Å². The summed E-state index contributed by atoms with van der Waals surface area (Å²) in [4.78, 5) is 0. The predicted octanol–water partition coefficient (Wildman–Crippen LogP) is 1.15. The highest BCUT2D eigenvalue weighted by Gasteiger charge is 1.99. The molecule has 0 spiro atoms. The fraction of sp³-hybridized carbons (Fsp3) is 1.00. The van der Waals surface area contributed by atoms with Gasteiger partial charge in [0.25, 0.3) is 0 Å². The zero-order valence-electron chi connectivity index (χ0n) is 9.34. The van der Waals surface area contributed by atoms with Gasteiger partial charge in [0, 0.05) is 13.2 Å². The maximum absolute atomic E-state index is 8.69. The number of unbranched alkanes of at least 4 members (excludes halogenated alkanes) is 3. The lowest BCUT2D eigenvalue weighted by Crippen LogP contribution is -2.22. The Morgan fingerprint density at radius 1 is 1.00 bits per heavy atom. The lowest BCUT2D eigenvalue weighted by atomic mass is 10.1. The third-order valence-corrected chi connectivity index (χ3v) is 2.38. The number of aliphatic hydroxyl groups excluding tert-OH is 2. The average Bonchev–Trinajstić information content (AvgIpc) is 2.17. The Balaban J connectivity index is 2.98.